The number of fused-ring (bicyclic) bond motifs is 1. The van der Waals surface area contributed by atoms with Gasteiger partial charge in [-0.3, -0.25) is 4.98 Å². The molecule has 3 aromatic heterocycles. The van der Waals surface area contributed by atoms with E-state index in [1.165, 1.54) is 24.7 Å². The van der Waals surface area contributed by atoms with Crippen LogP contribution in [0.5, 0.6) is 0 Å². The highest BCUT2D eigenvalue weighted by Gasteiger charge is 2.60. The lowest BCUT2D eigenvalue weighted by Crippen LogP contribution is -2.53. The van der Waals surface area contributed by atoms with E-state index < -0.39 is 36.1 Å². The predicted octanol–water partition coefficient (Wildman–Crippen LogP) is 1.26. The quantitative estimate of drug-likeness (QED) is 0.494. The fraction of sp³-hybridized carbons (Fsp3) is 0.421. The predicted molar refractivity (Wildman–Crippen MR) is 101 cm³/mol. The molecule has 9 nitrogen and oxygen atoms in total. The molecule has 11 heteroatoms. The first-order chi connectivity index (χ1) is 14.0. The van der Waals surface area contributed by atoms with Crippen molar-refractivity contribution in [2.24, 2.45) is 0 Å². The van der Waals surface area contributed by atoms with Crippen molar-refractivity contribution in [1.82, 2.24) is 19.5 Å². The third-order valence-electron chi connectivity index (χ3n) is 5.55. The molecule has 0 aliphatic carbocycles. The van der Waals surface area contributed by atoms with E-state index in [4.69, 9.17) is 10.5 Å². The zero-order valence-electron chi connectivity index (χ0n) is 16.1. The molecular formula is C19H21F2N5O4. The van der Waals surface area contributed by atoms with Gasteiger partial charge in [0.05, 0.1) is 11.1 Å². The number of ether oxygens (including phenoxy) is 1. The van der Waals surface area contributed by atoms with Gasteiger partial charge in [0.1, 0.15) is 41.2 Å². The lowest BCUT2D eigenvalue weighted by atomic mass is 9.81. The van der Waals surface area contributed by atoms with Gasteiger partial charge in [-0.1, -0.05) is 0 Å². The summed E-state index contributed by atoms with van der Waals surface area (Å²) in [6, 6.07) is 3.81. The van der Waals surface area contributed by atoms with E-state index in [0.717, 1.165) is 18.3 Å². The maximum Gasteiger partial charge on any atom is 0.263 e. The Balaban J connectivity index is 1.74. The summed E-state index contributed by atoms with van der Waals surface area (Å²) in [5.74, 6) is 0.231. The van der Waals surface area contributed by atoms with Crippen molar-refractivity contribution >= 4 is 16.9 Å². The second-order valence-electron chi connectivity index (χ2n) is 7.72. The van der Waals surface area contributed by atoms with Crippen LogP contribution in [-0.4, -0.2) is 52.6 Å². The summed E-state index contributed by atoms with van der Waals surface area (Å²) in [5, 5.41) is 33.5. The van der Waals surface area contributed by atoms with Gasteiger partial charge >= 0.3 is 0 Å². The third kappa shape index (κ3) is 3.01. The lowest BCUT2D eigenvalue weighted by Gasteiger charge is -2.36. The van der Waals surface area contributed by atoms with Crippen LogP contribution in [0.2, 0.25) is 0 Å². The van der Waals surface area contributed by atoms with Gasteiger partial charge in [0, 0.05) is 18.0 Å². The van der Waals surface area contributed by atoms with Crippen molar-refractivity contribution in [2.75, 3.05) is 5.73 Å². The first-order valence-corrected chi connectivity index (χ1v) is 9.15. The largest absolute Gasteiger partial charge is 0.385 e. The van der Waals surface area contributed by atoms with Gasteiger partial charge in [0.25, 0.3) is 6.43 Å². The SMILES string of the molecule is CC(O)(c1cc(C(F)F)ccn1)[C@H]1O[C@@H](n2ccc3c(N)ncnc32)[C@H](O)[C@]1(C)O. The number of aliphatic hydroxyl groups excluding tert-OH is 1. The Hall–Kier alpha value is -2.73. The molecule has 0 bridgehead atoms. The van der Waals surface area contributed by atoms with E-state index >= 15 is 0 Å². The minimum atomic E-state index is -2.76. The second-order valence-corrected chi connectivity index (χ2v) is 7.72. The zero-order valence-corrected chi connectivity index (χ0v) is 16.1. The van der Waals surface area contributed by atoms with Crippen molar-refractivity contribution in [2.45, 2.75) is 49.9 Å². The minimum absolute atomic E-state index is 0.123. The number of anilines is 1. The van der Waals surface area contributed by atoms with Gasteiger partial charge in [0.2, 0.25) is 0 Å². The molecule has 4 heterocycles. The number of rotatable bonds is 4. The summed E-state index contributed by atoms with van der Waals surface area (Å²) >= 11 is 0. The summed E-state index contributed by atoms with van der Waals surface area (Å²) in [4.78, 5) is 12.0. The Labute approximate surface area is 169 Å². The molecule has 1 unspecified atom stereocenters. The molecule has 160 valence electrons. The molecule has 1 fully saturated rings. The summed E-state index contributed by atoms with van der Waals surface area (Å²) in [7, 11) is 0. The van der Waals surface area contributed by atoms with E-state index in [0.29, 0.717) is 11.0 Å². The van der Waals surface area contributed by atoms with Gasteiger partial charge in [-0.2, -0.15) is 0 Å². The Bertz CT molecular complexity index is 1090. The highest BCUT2D eigenvalue weighted by Crippen LogP contribution is 2.45. The van der Waals surface area contributed by atoms with Gasteiger partial charge in [-0.05, 0) is 32.0 Å². The molecule has 3 aromatic rings. The summed E-state index contributed by atoms with van der Waals surface area (Å²) in [6.45, 7) is 2.58. The number of nitrogen functional groups attached to an aromatic ring is 1. The number of pyridine rings is 1. The van der Waals surface area contributed by atoms with Crippen molar-refractivity contribution in [3.8, 4) is 0 Å². The number of hydrogen-bond acceptors (Lipinski definition) is 8. The number of alkyl halides is 2. The minimum Gasteiger partial charge on any atom is -0.385 e. The molecule has 0 spiro atoms. The zero-order chi connectivity index (χ0) is 21.8. The molecule has 1 aliphatic heterocycles. The molecule has 1 saturated heterocycles. The number of hydrogen-bond donors (Lipinski definition) is 4. The average Bonchev–Trinajstić information content (AvgIpc) is 3.22. The Morgan fingerprint density at radius 2 is 2.03 bits per heavy atom. The fourth-order valence-electron chi connectivity index (χ4n) is 3.90. The molecule has 0 amide bonds. The smallest absolute Gasteiger partial charge is 0.263 e. The Morgan fingerprint density at radius 1 is 1.30 bits per heavy atom. The van der Waals surface area contributed by atoms with Gasteiger partial charge in [0.15, 0.2) is 6.23 Å². The maximum atomic E-state index is 13.1. The number of nitrogens with two attached hydrogens (primary N) is 1. The number of aromatic nitrogens is 4. The van der Waals surface area contributed by atoms with E-state index in [1.54, 1.807) is 12.3 Å². The van der Waals surface area contributed by atoms with E-state index in [2.05, 4.69) is 15.0 Å². The molecule has 1 aliphatic rings. The molecule has 5 N–H and O–H groups in total. The molecule has 30 heavy (non-hydrogen) atoms. The first kappa shape index (κ1) is 20.5. The Kier molecular flexibility index (Phi) is 4.73. The molecule has 0 aromatic carbocycles. The number of aliphatic hydroxyl groups is 3. The third-order valence-corrected chi connectivity index (χ3v) is 5.55. The van der Waals surface area contributed by atoms with Crippen molar-refractivity contribution in [3.05, 3.63) is 48.2 Å². The molecule has 4 rings (SSSR count). The highest BCUT2D eigenvalue weighted by atomic mass is 19.3. The fourth-order valence-corrected chi connectivity index (χ4v) is 3.90. The standard InChI is InChI=1S/C19H21F2N5O4/c1-18(28,11-7-9(13(20)21)3-5-23-11)17-19(2,29)12(27)16(30-17)26-6-4-10-14(22)24-8-25-15(10)26/h3-8,12-13,16-17,27-29H,1-2H3,(H2,22,24,25)/t12-,16+,17+,18?,19-/m0/s1. The van der Waals surface area contributed by atoms with Crippen LogP contribution in [0.15, 0.2) is 36.9 Å². The summed E-state index contributed by atoms with van der Waals surface area (Å²) < 4.78 is 33.5. The van der Waals surface area contributed by atoms with E-state index in [9.17, 15) is 24.1 Å². The van der Waals surface area contributed by atoms with Crippen LogP contribution < -0.4 is 5.73 Å². The van der Waals surface area contributed by atoms with Crippen molar-refractivity contribution in [3.63, 3.8) is 0 Å². The van der Waals surface area contributed by atoms with Crippen LogP contribution >= 0.6 is 0 Å². The van der Waals surface area contributed by atoms with E-state index in [1.807, 2.05) is 0 Å². The molecule has 5 atom stereocenters. The number of halogens is 2. The van der Waals surface area contributed by atoms with Gasteiger partial charge in [-0.15, -0.1) is 0 Å². The molecule has 0 saturated carbocycles. The molecular weight excluding hydrogens is 400 g/mol. The van der Waals surface area contributed by atoms with Crippen LogP contribution in [0.4, 0.5) is 14.6 Å². The van der Waals surface area contributed by atoms with Crippen LogP contribution in [0.3, 0.4) is 0 Å². The highest BCUT2D eigenvalue weighted by molar-refractivity contribution is 5.86. The normalized spacial score (nSPS) is 28.9. The van der Waals surface area contributed by atoms with Crippen LogP contribution in [0.25, 0.3) is 11.0 Å². The summed E-state index contributed by atoms with van der Waals surface area (Å²) in [6.07, 6.45) is -2.83. The van der Waals surface area contributed by atoms with Crippen LogP contribution in [0.1, 0.15) is 37.8 Å². The second kappa shape index (κ2) is 6.91. The average molecular weight is 421 g/mol. The van der Waals surface area contributed by atoms with Crippen molar-refractivity contribution in [1.29, 1.82) is 0 Å². The van der Waals surface area contributed by atoms with Crippen LogP contribution in [-0.2, 0) is 10.3 Å². The monoisotopic (exact) mass is 421 g/mol. The van der Waals surface area contributed by atoms with Gasteiger partial charge < -0.3 is 30.4 Å². The van der Waals surface area contributed by atoms with E-state index in [-0.39, 0.29) is 17.1 Å². The molecule has 0 radical (unpaired) electrons. The van der Waals surface area contributed by atoms with Crippen LogP contribution in [0, 0.1) is 0 Å². The topological polar surface area (TPSA) is 140 Å². The summed E-state index contributed by atoms with van der Waals surface area (Å²) in [5.41, 5.74) is 1.79. The maximum absolute atomic E-state index is 13.1. The van der Waals surface area contributed by atoms with Gasteiger partial charge in [-0.25, -0.2) is 18.7 Å². The Morgan fingerprint density at radius 3 is 2.73 bits per heavy atom. The van der Waals surface area contributed by atoms with Crippen molar-refractivity contribution < 1.29 is 28.8 Å². The first-order valence-electron chi connectivity index (χ1n) is 9.15. The lowest BCUT2D eigenvalue weighted by molar-refractivity contribution is -0.163. The number of nitrogens with zero attached hydrogens (tertiary/aromatic N) is 4.